The normalized spacial score (nSPS) is 16.9. The number of amides is 1. The molecule has 1 amide bonds. The van der Waals surface area contributed by atoms with Gasteiger partial charge in [0, 0.05) is 42.9 Å². The van der Waals surface area contributed by atoms with E-state index >= 15 is 0 Å². The molecule has 3 aromatic heterocycles. The standard InChI is InChI=1S/C20H20N4O3S/c1-23-11-13(5-6-18(23)26)20(27)24-8-3-2-4-16(24)19-21-15(10-17(25)22-19)14-7-9-28-12-14/h5-7,9-12,16H,2-4,8H2,1H3,(H,21,22,25)/t16-/m0/s1. The number of nitrogens with one attached hydrogen (secondary N) is 1. The van der Waals surface area contributed by atoms with Crippen molar-refractivity contribution >= 4 is 17.2 Å². The van der Waals surface area contributed by atoms with Crippen LogP contribution in [0.5, 0.6) is 0 Å². The largest absolute Gasteiger partial charge is 0.328 e. The number of aryl methyl sites for hydroxylation is 1. The molecule has 1 aliphatic rings. The van der Waals surface area contributed by atoms with Crippen molar-refractivity contribution in [1.82, 2.24) is 19.4 Å². The van der Waals surface area contributed by atoms with Gasteiger partial charge in [0.05, 0.1) is 17.3 Å². The van der Waals surface area contributed by atoms with Crippen molar-refractivity contribution in [1.29, 1.82) is 0 Å². The molecule has 1 atom stereocenters. The van der Waals surface area contributed by atoms with E-state index < -0.39 is 0 Å². The maximum Gasteiger partial charge on any atom is 0.255 e. The molecule has 8 heteroatoms. The number of carbonyl (C=O) groups is 1. The summed E-state index contributed by atoms with van der Waals surface area (Å²) in [6.07, 6.45) is 4.12. The molecular formula is C20H20N4O3S. The molecule has 3 aromatic rings. The number of aromatic amines is 1. The van der Waals surface area contributed by atoms with E-state index in [2.05, 4.69) is 9.97 Å². The number of thiophene rings is 1. The van der Waals surface area contributed by atoms with Crippen LogP contribution in [0, 0.1) is 0 Å². The SMILES string of the molecule is Cn1cc(C(=O)N2CCCC[C@H]2c2nc(-c3ccsc3)cc(=O)[nH]2)ccc1=O. The van der Waals surface area contributed by atoms with Crippen molar-refractivity contribution in [2.75, 3.05) is 6.54 Å². The van der Waals surface area contributed by atoms with Crippen molar-refractivity contribution in [2.24, 2.45) is 7.05 Å². The van der Waals surface area contributed by atoms with Gasteiger partial charge in [-0.1, -0.05) is 0 Å². The van der Waals surface area contributed by atoms with Crippen LogP contribution in [-0.2, 0) is 7.05 Å². The van der Waals surface area contributed by atoms with Gasteiger partial charge in [0.1, 0.15) is 5.82 Å². The molecule has 1 aliphatic heterocycles. The average molecular weight is 396 g/mol. The van der Waals surface area contributed by atoms with E-state index in [1.807, 2.05) is 16.8 Å². The van der Waals surface area contributed by atoms with Crippen molar-refractivity contribution < 1.29 is 4.79 Å². The van der Waals surface area contributed by atoms with E-state index in [-0.39, 0.29) is 23.1 Å². The van der Waals surface area contributed by atoms with Crippen LogP contribution in [0.3, 0.4) is 0 Å². The van der Waals surface area contributed by atoms with Crippen molar-refractivity contribution in [3.63, 3.8) is 0 Å². The summed E-state index contributed by atoms with van der Waals surface area (Å²) in [5.41, 5.74) is 1.56. The van der Waals surface area contributed by atoms with E-state index in [0.717, 1.165) is 24.8 Å². The lowest BCUT2D eigenvalue weighted by Crippen LogP contribution is -2.40. The highest BCUT2D eigenvalue weighted by atomic mass is 32.1. The van der Waals surface area contributed by atoms with Crippen LogP contribution in [0.1, 0.15) is 41.5 Å². The molecular weight excluding hydrogens is 376 g/mol. The number of rotatable bonds is 3. The Labute approximate surface area is 165 Å². The first-order chi connectivity index (χ1) is 13.5. The molecule has 0 aliphatic carbocycles. The first kappa shape index (κ1) is 18.4. The third kappa shape index (κ3) is 3.55. The van der Waals surface area contributed by atoms with Crippen LogP contribution in [0.15, 0.2) is 50.8 Å². The minimum atomic E-state index is -0.301. The van der Waals surface area contributed by atoms with Gasteiger partial charge < -0.3 is 14.5 Å². The van der Waals surface area contributed by atoms with Crippen LogP contribution >= 0.6 is 11.3 Å². The first-order valence-corrected chi connectivity index (χ1v) is 10.1. The summed E-state index contributed by atoms with van der Waals surface area (Å²) in [6, 6.07) is 6.04. The van der Waals surface area contributed by atoms with Gasteiger partial charge in [-0.25, -0.2) is 4.98 Å². The lowest BCUT2D eigenvalue weighted by molar-refractivity contribution is 0.0598. The number of hydrogen-bond acceptors (Lipinski definition) is 5. The molecule has 4 heterocycles. The quantitative estimate of drug-likeness (QED) is 0.737. The van der Waals surface area contributed by atoms with Gasteiger partial charge in [-0.3, -0.25) is 14.4 Å². The van der Waals surface area contributed by atoms with Gasteiger partial charge in [-0.2, -0.15) is 11.3 Å². The molecule has 0 radical (unpaired) electrons. The predicted molar refractivity (Wildman–Crippen MR) is 107 cm³/mol. The summed E-state index contributed by atoms with van der Waals surface area (Å²) in [5, 5.41) is 3.88. The van der Waals surface area contributed by atoms with Gasteiger partial charge in [0.15, 0.2) is 0 Å². The van der Waals surface area contributed by atoms with Crippen LogP contribution in [0.2, 0.25) is 0 Å². The number of likely N-dealkylation sites (tertiary alicyclic amines) is 1. The zero-order valence-electron chi connectivity index (χ0n) is 15.4. The summed E-state index contributed by atoms with van der Waals surface area (Å²) in [7, 11) is 1.62. The monoisotopic (exact) mass is 396 g/mol. The number of nitrogens with zero attached hydrogens (tertiary/aromatic N) is 3. The zero-order chi connectivity index (χ0) is 19.7. The fourth-order valence-electron chi connectivity index (χ4n) is 3.54. The number of H-pyrrole nitrogens is 1. The molecule has 0 spiro atoms. The van der Waals surface area contributed by atoms with E-state index in [4.69, 9.17) is 0 Å². The molecule has 1 saturated heterocycles. The van der Waals surface area contributed by atoms with Gasteiger partial charge in [0.25, 0.3) is 11.5 Å². The molecule has 0 bridgehead atoms. The maximum absolute atomic E-state index is 13.1. The van der Waals surface area contributed by atoms with Gasteiger partial charge in [-0.05, 0) is 36.8 Å². The maximum atomic E-state index is 13.1. The van der Waals surface area contributed by atoms with E-state index in [0.29, 0.717) is 23.6 Å². The Bertz CT molecular complexity index is 1120. The molecule has 0 unspecified atom stereocenters. The fraction of sp³-hybridized carbons (Fsp3) is 0.300. The topological polar surface area (TPSA) is 88.1 Å². The summed E-state index contributed by atoms with van der Waals surface area (Å²) < 4.78 is 1.39. The highest BCUT2D eigenvalue weighted by Gasteiger charge is 2.31. The third-order valence-electron chi connectivity index (χ3n) is 4.99. The van der Waals surface area contributed by atoms with Crippen LogP contribution in [-0.4, -0.2) is 31.9 Å². The van der Waals surface area contributed by atoms with E-state index in [9.17, 15) is 14.4 Å². The second-order valence-electron chi connectivity index (χ2n) is 6.90. The molecule has 28 heavy (non-hydrogen) atoms. The highest BCUT2D eigenvalue weighted by molar-refractivity contribution is 7.08. The molecule has 1 N–H and O–H groups in total. The second-order valence-corrected chi connectivity index (χ2v) is 7.68. The van der Waals surface area contributed by atoms with Crippen molar-refractivity contribution in [2.45, 2.75) is 25.3 Å². The predicted octanol–water partition coefficient (Wildman–Crippen LogP) is 2.56. The van der Waals surface area contributed by atoms with E-state index in [1.165, 1.54) is 16.7 Å². The number of hydrogen-bond donors (Lipinski definition) is 1. The first-order valence-electron chi connectivity index (χ1n) is 9.14. The van der Waals surface area contributed by atoms with Crippen molar-refractivity contribution in [3.8, 4) is 11.3 Å². The minimum Gasteiger partial charge on any atom is -0.328 e. The molecule has 0 saturated carbocycles. The highest BCUT2D eigenvalue weighted by Crippen LogP contribution is 2.31. The zero-order valence-corrected chi connectivity index (χ0v) is 16.2. The third-order valence-corrected chi connectivity index (χ3v) is 5.67. The number of aromatic nitrogens is 3. The van der Waals surface area contributed by atoms with Crippen LogP contribution in [0.4, 0.5) is 0 Å². The Morgan fingerprint density at radius 2 is 2.11 bits per heavy atom. The average Bonchev–Trinajstić information content (AvgIpc) is 3.24. The summed E-state index contributed by atoms with van der Waals surface area (Å²) in [4.78, 5) is 46.2. The molecule has 4 rings (SSSR count). The Balaban J connectivity index is 1.71. The lowest BCUT2D eigenvalue weighted by Gasteiger charge is -2.35. The smallest absolute Gasteiger partial charge is 0.255 e. The van der Waals surface area contributed by atoms with E-state index in [1.54, 1.807) is 35.5 Å². The number of pyridine rings is 1. The van der Waals surface area contributed by atoms with Crippen LogP contribution < -0.4 is 11.1 Å². The lowest BCUT2D eigenvalue weighted by atomic mass is 10.00. The van der Waals surface area contributed by atoms with Crippen LogP contribution in [0.25, 0.3) is 11.3 Å². The van der Waals surface area contributed by atoms with Crippen molar-refractivity contribution in [3.05, 3.63) is 73.3 Å². The Morgan fingerprint density at radius 1 is 1.25 bits per heavy atom. The molecule has 0 aromatic carbocycles. The second kappa shape index (κ2) is 7.55. The molecule has 144 valence electrons. The van der Waals surface area contributed by atoms with Gasteiger partial charge in [-0.15, -0.1) is 0 Å². The number of carbonyl (C=O) groups excluding carboxylic acids is 1. The summed E-state index contributed by atoms with van der Waals surface area (Å²) in [6.45, 7) is 0.582. The minimum absolute atomic E-state index is 0.163. The van der Waals surface area contributed by atoms with Gasteiger partial charge in [0.2, 0.25) is 5.56 Å². The fourth-order valence-corrected chi connectivity index (χ4v) is 4.19. The molecule has 7 nitrogen and oxygen atoms in total. The van der Waals surface area contributed by atoms with Gasteiger partial charge >= 0.3 is 0 Å². The summed E-state index contributed by atoms with van der Waals surface area (Å²) in [5.74, 6) is 0.343. The Hall–Kier alpha value is -3.00. The Kier molecular flexibility index (Phi) is 4.95. The number of piperidine rings is 1. The molecule has 1 fully saturated rings. The Morgan fingerprint density at radius 3 is 2.86 bits per heavy atom. The summed E-state index contributed by atoms with van der Waals surface area (Å²) >= 11 is 1.54.